The fraction of sp³-hybridized carbons (Fsp3) is 0.640. The average molecular weight is 410 g/mol. The molecule has 0 bridgehead atoms. The van der Waals surface area contributed by atoms with Gasteiger partial charge in [-0.05, 0) is 45.2 Å². The lowest BCUT2D eigenvalue weighted by Crippen LogP contribution is -3.15. The number of rotatable bonds is 3. The lowest BCUT2D eigenvalue weighted by Gasteiger charge is -2.35. The molecule has 3 saturated heterocycles. The van der Waals surface area contributed by atoms with E-state index in [0.717, 1.165) is 52.0 Å². The summed E-state index contributed by atoms with van der Waals surface area (Å²) in [6.45, 7) is 9.68. The van der Waals surface area contributed by atoms with Crippen molar-refractivity contribution in [1.29, 1.82) is 0 Å². The zero-order chi connectivity index (χ0) is 20.5. The van der Waals surface area contributed by atoms with Gasteiger partial charge in [-0.2, -0.15) is 0 Å². The van der Waals surface area contributed by atoms with E-state index in [9.17, 15) is 4.79 Å². The Kier molecular flexibility index (Phi) is 4.14. The average Bonchev–Trinajstić information content (AvgIpc) is 3.07. The number of nitrogens with zero attached hydrogens (tertiary/aromatic N) is 1. The minimum Gasteiger partial charge on any atom is -0.461 e. The molecule has 0 unspecified atom stereocenters. The number of para-hydroxylation sites is 1. The maximum absolute atomic E-state index is 13.0. The van der Waals surface area contributed by atoms with E-state index in [-0.39, 0.29) is 35.1 Å². The Bertz CT molecular complexity index is 878. The maximum atomic E-state index is 13.0. The Labute approximate surface area is 179 Å². The number of nitrogens with one attached hydrogen (secondary N) is 1. The van der Waals surface area contributed by atoms with Crippen LogP contribution in [0, 0.1) is 17.8 Å². The van der Waals surface area contributed by atoms with Crippen LogP contribution in [0.15, 0.2) is 42.0 Å². The SMILES string of the molecule is CC1=CC[C@]23O[C@@]2(C)CC[C@@H]2[C@H](OC(=O)[C@H]2C[NH+]2CCN(c4ccccc4)CC2)[C@@H]13. The number of carbonyl (C=O) groups excluding carboxylic acids is 1. The standard InChI is InChI=1S/C25H32N2O3/c1-17-8-11-25-21(17)22-19(9-10-24(25,2)30-25)20(23(28)29-22)16-26-12-14-27(15-13-26)18-6-4-3-5-7-18/h3-8,19-22H,9-16H2,1-2H3/p+1/t19-,20-,21+,22-,24-,25+/m0/s1. The van der Waals surface area contributed by atoms with Crippen molar-refractivity contribution in [3.63, 3.8) is 0 Å². The van der Waals surface area contributed by atoms with Crippen molar-refractivity contribution in [2.75, 3.05) is 37.6 Å². The van der Waals surface area contributed by atoms with Gasteiger partial charge in [0.05, 0.1) is 38.3 Å². The first kappa shape index (κ1) is 18.9. The molecular formula is C25H33N2O3+. The molecule has 30 heavy (non-hydrogen) atoms. The molecule has 0 amide bonds. The summed E-state index contributed by atoms with van der Waals surface area (Å²) in [6.07, 6.45) is 5.42. The van der Waals surface area contributed by atoms with Crippen LogP contribution in [0.2, 0.25) is 0 Å². The molecule has 4 fully saturated rings. The van der Waals surface area contributed by atoms with Gasteiger partial charge in [0.1, 0.15) is 17.6 Å². The van der Waals surface area contributed by atoms with Crippen LogP contribution in [0.1, 0.15) is 33.1 Å². The van der Waals surface area contributed by atoms with Crippen LogP contribution >= 0.6 is 0 Å². The summed E-state index contributed by atoms with van der Waals surface area (Å²) in [5.74, 6) is 0.685. The molecule has 1 aromatic rings. The molecule has 3 aliphatic heterocycles. The Balaban J connectivity index is 1.15. The van der Waals surface area contributed by atoms with Gasteiger partial charge >= 0.3 is 5.97 Å². The molecule has 2 aliphatic carbocycles. The van der Waals surface area contributed by atoms with Crippen LogP contribution in [0.3, 0.4) is 0 Å². The van der Waals surface area contributed by atoms with Gasteiger partial charge in [-0.25, -0.2) is 0 Å². The van der Waals surface area contributed by atoms with Crippen molar-refractivity contribution in [1.82, 2.24) is 0 Å². The minimum absolute atomic E-state index is 0.00980. The number of carbonyl (C=O) groups is 1. The molecule has 160 valence electrons. The minimum atomic E-state index is -0.0974. The summed E-state index contributed by atoms with van der Waals surface area (Å²) in [6, 6.07) is 10.7. The first-order valence-corrected chi connectivity index (χ1v) is 11.7. The Morgan fingerprint density at radius 2 is 1.97 bits per heavy atom. The lowest BCUT2D eigenvalue weighted by molar-refractivity contribution is -0.903. The molecule has 1 N–H and O–H groups in total. The zero-order valence-electron chi connectivity index (χ0n) is 18.1. The van der Waals surface area contributed by atoms with Crippen molar-refractivity contribution in [2.24, 2.45) is 17.8 Å². The molecule has 0 radical (unpaired) electrons. The van der Waals surface area contributed by atoms with E-state index in [1.165, 1.54) is 11.3 Å². The van der Waals surface area contributed by atoms with E-state index in [4.69, 9.17) is 9.47 Å². The summed E-state index contributed by atoms with van der Waals surface area (Å²) in [7, 11) is 0. The molecule has 6 rings (SSSR count). The van der Waals surface area contributed by atoms with E-state index in [2.05, 4.69) is 55.2 Å². The number of epoxide rings is 1. The van der Waals surface area contributed by atoms with Crippen molar-refractivity contribution >= 4 is 11.7 Å². The van der Waals surface area contributed by atoms with Gasteiger partial charge < -0.3 is 19.3 Å². The molecule has 1 aromatic carbocycles. The molecule has 3 heterocycles. The number of benzene rings is 1. The normalized spacial score (nSPS) is 42.7. The van der Waals surface area contributed by atoms with Crippen LogP contribution in [0.5, 0.6) is 0 Å². The van der Waals surface area contributed by atoms with Gasteiger partial charge in [0, 0.05) is 17.5 Å². The number of anilines is 1. The van der Waals surface area contributed by atoms with E-state index >= 15 is 0 Å². The number of hydrogen-bond acceptors (Lipinski definition) is 4. The second-order valence-corrected chi connectivity index (χ2v) is 10.3. The third-order valence-corrected chi connectivity index (χ3v) is 8.86. The van der Waals surface area contributed by atoms with Gasteiger partial charge in [-0.15, -0.1) is 0 Å². The van der Waals surface area contributed by atoms with E-state index in [1.807, 2.05) is 0 Å². The van der Waals surface area contributed by atoms with Crippen LogP contribution in [-0.4, -0.2) is 56.0 Å². The third-order valence-electron chi connectivity index (χ3n) is 8.86. The van der Waals surface area contributed by atoms with Gasteiger partial charge in [-0.1, -0.05) is 29.8 Å². The van der Waals surface area contributed by atoms with Crippen molar-refractivity contribution in [3.8, 4) is 0 Å². The van der Waals surface area contributed by atoms with Crippen LogP contribution in [0.25, 0.3) is 0 Å². The predicted octanol–water partition coefficient (Wildman–Crippen LogP) is 1.84. The quantitative estimate of drug-likeness (QED) is 0.470. The van der Waals surface area contributed by atoms with Crippen molar-refractivity contribution in [3.05, 3.63) is 42.0 Å². The second kappa shape index (κ2) is 6.57. The fourth-order valence-corrected chi connectivity index (χ4v) is 7.05. The fourth-order valence-electron chi connectivity index (χ4n) is 7.05. The van der Waals surface area contributed by atoms with E-state index < -0.39 is 0 Å². The Morgan fingerprint density at radius 1 is 1.20 bits per heavy atom. The van der Waals surface area contributed by atoms with Crippen LogP contribution in [0.4, 0.5) is 5.69 Å². The molecule has 5 heteroatoms. The van der Waals surface area contributed by atoms with E-state index in [0.29, 0.717) is 5.92 Å². The summed E-state index contributed by atoms with van der Waals surface area (Å²) < 4.78 is 12.5. The number of piperazine rings is 1. The highest BCUT2D eigenvalue weighted by Gasteiger charge is 2.76. The van der Waals surface area contributed by atoms with Gasteiger partial charge in [0.25, 0.3) is 0 Å². The number of esters is 1. The van der Waals surface area contributed by atoms with Gasteiger partial charge in [0.2, 0.25) is 0 Å². The Morgan fingerprint density at radius 3 is 2.73 bits per heavy atom. The van der Waals surface area contributed by atoms with Gasteiger partial charge in [0.15, 0.2) is 0 Å². The monoisotopic (exact) mass is 409 g/mol. The Hall–Kier alpha value is -1.85. The number of fused-ring (bicyclic) bond motifs is 2. The molecule has 1 saturated carbocycles. The predicted molar refractivity (Wildman–Crippen MR) is 114 cm³/mol. The topological polar surface area (TPSA) is 46.5 Å². The largest absolute Gasteiger partial charge is 0.461 e. The molecule has 1 spiro atoms. The molecule has 5 nitrogen and oxygen atoms in total. The summed E-state index contributed by atoms with van der Waals surface area (Å²) in [5.41, 5.74) is 2.55. The summed E-state index contributed by atoms with van der Waals surface area (Å²) in [4.78, 5) is 17.0. The first-order chi connectivity index (χ1) is 14.5. The molecule has 5 aliphatic rings. The molecule has 0 aromatic heterocycles. The smallest absolute Gasteiger partial charge is 0.315 e. The lowest BCUT2D eigenvalue weighted by atomic mass is 9.77. The van der Waals surface area contributed by atoms with Crippen LogP contribution in [-0.2, 0) is 14.3 Å². The summed E-state index contributed by atoms with van der Waals surface area (Å²) in [5, 5.41) is 0. The second-order valence-electron chi connectivity index (χ2n) is 10.3. The number of quaternary nitrogens is 1. The molecule has 6 atom stereocenters. The van der Waals surface area contributed by atoms with Crippen molar-refractivity contribution < 1.29 is 19.2 Å². The first-order valence-electron chi connectivity index (χ1n) is 11.7. The maximum Gasteiger partial charge on any atom is 0.315 e. The van der Waals surface area contributed by atoms with Gasteiger partial charge in [-0.3, -0.25) is 4.79 Å². The van der Waals surface area contributed by atoms with Crippen molar-refractivity contribution in [2.45, 2.75) is 50.4 Å². The highest BCUT2D eigenvalue weighted by Crippen LogP contribution is 2.67. The highest BCUT2D eigenvalue weighted by atomic mass is 16.6. The number of hydrogen-bond donors (Lipinski definition) is 1. The summed E-state index contributed by atoms with van der Waals surface area (Å²) >= 11 is 0. The zero-order valence-corrected chi connectivity index (χ0v) is 18.1. The van der Waals surface area contributed by atoms with E-state index in [1.54, 1.807) is 4.90 Å². The highest BCUT2D eigenvalue weighted by molar-refractivity contribution is 5.75. The third kappa shape index (κ3) is 2.64. The van der Waals surface area contributed by atoms with Crippen LogP contribution < -0.4 is 9.80 Å². The number of ether oxygens (including phenoxy) is 2. The molecular weight excluding hydrogens is 376 g/mol.